The fourth-order valence-corrected chi connectivity index (χ4v) is 2.34. The van der Waals surface area contributed by atoms with Gasteiger partial charge in [-0.2, -0.15) is 0 Å². The van der Waals surface area contributed by atoms with Gasteiger partial charge in [-0.05, 0) is 33.0 Å². The van der Waals surface area contributed by atoms with Crippen LogP contribution in [0.1, 0.15) is 19.5 Å². The third kappa shape index (κ3) is 3.43. The highest BCUT2D eigenvalue weighted by Gasteiger charge is 2.20. The molecule has 1 aromatic rings. The molecular weight excluding hydrogens is 224 g/mol. The average molecular weight is 248 g/mol. The second kappa shape index (κ2) is 6.16. The molecule has 1 N–H and O–H groups in total. The van der Waals surface area contributed by atoms with Crippen LogP contribution in [0.3, 0.4) is 0 Å². The van der Waals surface area contributed by atoms with Crippen molar-refractivity contribution in [3.63, 3.8) is 0 Å². The Morgan fingerprint density at radius 3 is 2.94 bits per heavy atom. The van der Waals surface area contributed by atoms with Gasteiger partial charge in [-0.15, -0.1) is 0 Å². The van der Waals surface area contributed by atoms with Crippen LogP contribution in [0.5, 0.6) is 0 Å². The third-order valence-electron chi connectivity index (χ3n) is 3.59. The molecule has 4 nitrogen and oxygen atoms in total. The SMILES string of the molecule is CCNc1cccc(CN2CCN(C)C(C)C2)n1. The summed E-state index contributed by atoms with van der Waals surface area (Å²) < 4.78 is 0. The van der Waals surface area contributed by atoms with Crippen LogP contribution in [0, 0.1) is 0 Å². The zero-order valence-electron chi connectivity index (χ0n) is 11.7. The normalized spacial score (nSPS) is 22.1. The molecular formula is C14H24N4. The quantitative estimate of drug-likeness (QED) is 0.878. The number of hydrogen-bond donors (Lipinski definition) is 1. The van der Waals surface area contributed by atoms with Crippen LogP contribution in [-0.2, 0) is 6.54 Å². The lowest BCUT2D eigenvalue weighted by Crippen LogP contribution is -2.49. The van der Waals surface area contributed by atoms with Gasteiger partial charge in [-0.3, -0.25) is 4.90 Å². The van der Waals surface area contributed by atoms with Crippen LogP contribution >= 0.6 is 0 Å². The van der Waals surface area contributed by atoms with Crippen molar-refractivity contribution in [1.82, 2.24) is 14.8 Å². The fraction of sp³-hybridized carbons (Fsp3) is 0.643. The molecule has 0 bridgehead atoms. The summed E-state index contributed by atoms with van der Waals surface area (Å²) in [4.78, 5) is 9.54. The fourth-order valence-electron chi connectivity index (χ4n) is 2.34. The van der Waals surface area contributed by atoms with Crippen molar-refractivity contribution in [2.75, 3.05) is 38.5 Å². The van der Waals surface area contributed by atoms with E-state index in [1.807, 2.05) is 6.07 Å². The summed E-state index contributed by atoms with van der Waals surface area (Å²) in [6.07, 6.45) is 0. The lowest BCUT2D eigenvalue weighted by Gasteiger charge is -2.37. The predicted octanol–water partition coefficient (Wildman–Crippen LogP) is 1.65. The van der Waals surface area contributed by atoms with Crippen molar-refractivity contribution in [2.24, 2.45) is 0 Å². The first kappa shape index (κ1) is 13.3. The predicted molar refractivity (Wildman–Crippen MR) is 75.8 cm³/mol. The van der Waals surface area contributed by atoms with E-state index in [0.717, 1.165) is 44.2 Å². The van der Waals surface area contributed by atoms with Gasteiger partial charge in [0.1, 0.15) is 5.82 Å². The molecule has 18 heavy (non-hydrogen) atoms. The van der Waals surface area contributed by atoms with E-state index in [1.54, 1.807) is 0 Å². The van der Waals surface area contributed by atoms with Crippen molar-refractivity contribution in [3.05, 3.63) is 23.9 Å². The molecule has 0 aromatic carbocycles. The van der Waals surface area contributed by atoms with Crippen LogP contribution in [0.4, 0.5) is 5.82 Å². The van der Waals surface area contributed by atoms with E-state index >= 15 is 0 Å². The van der Waals surface area contributed by atoms with Crippen molar-refractivity contribution in [3.8, 4) is 0 Å². The number of nitrogens with one attached hydrogen (secondary N) is 1. The largest absolute Gasteiger partial charge is 0.370 e. The minimum atomic E-state index is 0.635. The van der Waals surface area contributed by atoms with E-state index in [2.05, 4.69) is 53.1 Å². The summed E-state index contributed by atoms with van der Waals surface area (Å²) >= 11 is 0. The molecule has 0 radical (unpaired) electrons. The Kier molecular flexibility index (Phi) is 4.55. The van der Waals surface area contributed by atoms with Gasteiger partial charge in [0.2, 0.25) is 0 Å². The lowest BCUT2D eigenvalue weighted by molar-refractivity contribution is 0.0991. The van der Waals surface area contributed by atoms with Gasteiger partial charge in [0.25, 0.3) is 0 Å². The zero-order valence-corrected chi connectivity index (χ0v) is 11.7. The molecule has 1 aliphatic rings. The van der Waals surface area contributed by atoms with E-state index in [-0.39, 0.29) is 0 Å². The number of anilines is 1. The van der Waals surface area contributed by atoms with E-state index in [0.29, 0.717) is 6.04 Å². The molecule has 1 aliphatic heterocycles. The molecule has 1 unspecified atom stereocenters. The Morgan fingerprint density at radius 1 is 1.39 bits per heavy atom. The highest BCUT2D eigenvalue weighted by Crippen LogP contribution is 2.12. The van der Waals surface area contributed by atoms with Gasteiger partial charge in [0.05, 0.1) is 5.69 Å². The topological polar surface area (TPSA) is 31.4 Å². The van der Waals surface area contributed by atoms with Crippen LogP contribution in [-0.4, -0.2) is 54.1 Å². The number of pyridine rings is 1. The second-order valence-corrected chi connectivity index (χ2v) is 5.11. The Hall–Kier alpha value is -1.13. The molecule has 0 amide bonds. The molecule has 1 aromatic heterocycles. The number of piperazine rings is 1. The third-order valence-corrected chi connectivity index (χ3v) is 3.59. The molecule has 0 aliphatic carbocycles. The molecule has 2 heterocycles. The number of aromatic nitrogens is 1. The van der Waals surface area contributed by atoms with E-state index in [4.69, 9.17) is 0 Å². The highest BCUT2D eigenvalue weighted by atomic mass is 15.3. The van der Waals surface area contributed by atoms with Crippen molar-refractivity contribution in [1.29, 1.82) is 0 Å². The van der Waals surface area contributed by atoms with E-state index in [9.17, 15) is 0 Å². The molecule has 4 heteroatoms. The maximum atomic E-state index is 4.63. The summed E-state index contributed by atoms with van der Waals surface area (Å²) in [6.45, 7) is 9.66. The highest BCUT2D eigenvalue weighted by molar-refractivity contribution is 5.34. The maximum Gasteiger partial charge on any atom is 0.126 e. The maximum absolute atomic E-state index is 4.63. The van der Waals surface area contributed by atoms with Crippen molar-refractivity contribution < 1.29 is 0 Å². The zero-order chi connectivity index (χ0) is 13.0. The summed E-state index contributed by atoms with van der Waals surface area (Å²) in [5.74, 6) is 0.983. The Labute approximate surface area is 110 Å². The van der Waals surface area contributed by atoms with Crippen LogP contribution in [0.15, 0.2) is 18.2 Å². The molecule has 0 saturated carbocycles. The summed E-state index contributed by atoms with van der Waals surface area (Å²) in [5.41, 5.74) is 1.16. The number of nitrogens with zero attached hydrogens (tertiary/aromatic N) is 3. The van der Waals surface area contributed by atoms with Gasteiger partial charge in [0.15, 0.2) is 0 Å². The summed E-state index contributed by atoms with van der Waals surface area (Å²) in [5, 5.41) is 3.26. The Balaban J connectivity index is 1.94. The molecule has 2 rings (SSSR count). The average Bonchev–Trinajstić information content (AvgIpc) is 2.35. The molecule has 1 fully saturated rings. The van der Waals surface area contributed by atoms with Crippen LogP contribution < -0.4 is 5.32 Å². The van der Waals surface area contributed by atoms with Gasteiger partial charge in [-0.25, -0.2) is 4.98 Å². The monoisotopic (exact) mass is 248 g/mol. The first-order valence-electron chi connectivity index (χ1n) is 6.81. The summed E-state index contributed by atoms with van der Waals surface area (Å²) in [7, 11) is 2.20. The standard InChI is InChI=1S/C14H24N4/c1-4-15-14-7-5-6-13(16-14)11-18-9-8-17(3)12(2)10-18/h5-7,12H,4,8-11H2,1-3H3,(H,15,16). The van der Waals surface area contributed by atoms with Gasteiger partial charge >= 0.3 is 0 Å². The van der Waals surface area contributed by atoms with Crippen molar-refractivity contribution in [2.45, 2.75) is 26.4 Å². The Morgan fingerprint density at radius 2 is 2.22 bits per heavy atom. The second-order valence-electron chi connectivity index (χ2n) is 5.11. The Bertz CT molecular complexity index is 380. The molecule has 1 atom stereocenters. The molecule has 0 spiro atoms. The van der Waals surface area contributed by atoms with Gasteiger partial charge in [0, 0.05) is 38.8 Å². The van der Waals surface area contributed by atoms with Crippen LogP contribution in [0.2, 0.25) is 0 Å². The summed E-state index contributed by atoms with van der Waals surface area (Å²) in [6, 6.07) is 6.86. The number of likely N-dealkylation sites (N-methyl/N-ethyl adjacent to an activating group) is 1. The van der Waals surface area contributed by atoms with Crippen molar-refractivity contribution >= 4 is 5.82 Å². The first-order chi connectivity index (χ1) is 8.69. The van der Waals surface area contributed by atoms with E-state index in [1.165, 1.54) is 0 Å². The molecule has 1 saturated heterocycles. The smallest absolute Gasteiger partial charge is 0.126 e. The minimum Gasteiger partial charge on any atom is -0.370 e. The lowest BCUT2D eigenvalue weighted by atomic mass is 10.2. The minimum absolute atomic E-state index is 0.635. The van der Waals surface area contributed by atoms with E-state index < -0.39 is 0 Å². The van der Waals surface area contributed by atoms with Crippen LogP contribution in [0.25, 0.3) is 0 Å². The molecule has 100 valence electrons. The van der Waals surface area contributed by atoms with Gasteiger partial charge in [-0.1, -0.05) is 6.07 Å². The van der Waals surface area contributed by atoms with Gasteiger partial charge < -0.3 is 10.2 Å². The number of rotatable bonds is 4. The number of hydrogen-bond acceptors (Lipinski definition) is 4. The first-order valence-corrected chi connectivity index (χ1v) is 6.81.